The zero-order valence-electron chi connectivity index (χ0n) is 9.17. The summed E-state index contributed by atoms with van der Waals surface area (Å²) < 4.78 is 0.715. The minimum Gasteiger partial charge on any atom is -0.481 e. The molecule has 0 aliphatic heterocycles. The standard InChI is InChI=1S/C11H12BrIO4/c1-11(10(16)17)5-7(9(14)15)4-6(2-3-12)8(11)13/h4H,2-3,5H2,1H3,(H,14,15)(H,16,17). The van der Waals surface area contributed by atoms with E-state index in [4.69, 9.17) is 5.11 Å². The van der Waals surface area contributed by atoms with E-state index in [1.807, 2.05) is 22.6 Å². The highest BCUT2D eigenvalue weighted by Gasteiger charge is 2.41. The molecule has 0 saturated heterocycles. The fourth-order valence-corrected chi connectivity index (χ4v) is 3.00. The maximum atomic E-state index is 11.3. The summed E-state index contributed by atoms with van der Waals surface area (Å²) >= 11 is 5.29. The second kappa shape index (κ2) is 5.51. The summed E-state index contributed by atoms with van der Waals surface area (Å²) in [6, 6.07) is 0. The fraction of sp³-hybridized carbons (Fsp3) is 0.455. The summed E-state index contributed by atoms with van der Waals surface area (Å²) in [6.07, 6.45) is 2.25. The zero-order chi connectivity index (χ0) is 13.2. The summed E-state index contributed by atoms with van der Waals surface area (Å²) in [5, 5.41) is 19.0. The van der Waals surface area contributed by atoms with Crippen molar-refractivity contribution in [1.82, 2.24) is 0 Å². The van der Waals surface area contributed by atoms with Crippen LogP contribution in [0.4, 0.5) is 0 Å². The lowest BCUT2D eigenvalue weighted by molar-refractivity contribution is -0.145. The van der Waals surface area contributed by atoms with Gasteiger partial charge in [0.2, 0.25) is 0 Å². The summed E-state index contributed by atoms with van der Waals surface area (Å²) in [5.41, 5.74) is -0.178. The van der Waals surface area contributed by atoms with Crippen LogP contribution in [0.5, 0.6) is 0 Å². The smallest absolute Gasteiger partial charge is 0.331 e. The Labute approximate surface area is 121 Å². The average molecular weight is 415 g/mol. The van der Waals surface area contributed by atoms with Crippen LogP contribution in [-0.4, -0.2) is 27.5 Å². The summed E-state index contributed by atoms with van der Waals surface area (Å²) in [7, 11) is 0. The van der Waals surface area contributed by atoms with E-state index < -0.39 is 17.4 Å². The van der Waals surface area contributed by atoms with E-state index in [1.165, 1.54) is 0 Å². The van der Waals surface area contributed by atoms with Gasteiger partial charge in [-0.1, -0.05) is 15.9 Å². The highest BCUT2D eigenvalue weighted by atomic mass is 127. The van der Waals surface area contributed by atoms with Crippen molar-refractivity contribution in [2.75, 3.05) is 5.33 Å². The van der Waals surface area contributed by atoms with Crippen LogP contribution in [0.1, 0.15) is 19.8 Å². The Hall–Kier alpha value is -0.370. The zero-order valence-corrected chi connectivity index (χ0v) is 12.9. The van der Waals surface area contributed by atoms with E-state index >= 15 is 0 Å². The molecule has 0 spiro atoms. The molecule has 0 bridgehead atoms. The SMILES string of the molecule is CC1(C(=O)O)CC(C(=O)O)=CC(CCBr)=C1I. The van der Waals surface area contributed by atoms with Gasteiger partial charge in [0, 0.05) is 14.5 Å². The highest BCUT2D eigenvalue weighted by molar-refractivity contribution is 14.1. The van der Waals surface area contributed by atoms with Crippen molar-refractivity contribution in [1.29, 1.82) is 0 Å². The molecule has 0 radical (unpaired) electrons. The Morgan fingerprint density at radius 2 is 2.12 bits per heavy atom. The van der Waals surface area contributed by atoms with E-state index in [9.17, 15) is 14.7 Å². The van der Waals surface area contributed by atoms with Crippen molar-refractivity contribution in [2.24, 2.45) is 5.41 Å². The number of alkyl halides is 1. The first-order valence-electron chi connectivity index (χ1n) is 4.95. The maximum Gasteiger partial charge on any atom is 0.331 e. The molecule has 0 saturated carbocycles. The second-order valence-electron chi connectivity index (χ2n) is 4.07. The Morgan fingerprint density at radius 1 is 1.53 bits per heavy atom. The third kappa shape index (κ3) is 2.90. The first-order valence-corrected chi connectivity index (χ1v) is 7.15. The number of allylic oxidation sites excluding steroid dienone is 2. The number of carboxylic acid groups (broad SMARTS) is 2. The predicted molar refractivity (Wildman–Crippen MR) is 75.5 cm³/mol. The van der Waals surface area contributed by atoms with Gasteiger partial charge < -0.3 is 10.2 Å². The third-order valence-electron chi connectivity index (χ3n) is 2.77. The second-order valence-corrected chi connectivity index (χ2v) is 5.94. The van der Waals surface area contributed by atoms with E-state index in [2.05, 4.69) is 15.9 Å². The van der Waals surface area contributed by atoms with Gasteiger partial charge in [-0.2, -0.15) is 0 Å². The van der Waals surface area contributed by atoms with Crippen molar-refractivity contribution in [2.45, 2.75) is 19.8 Å². The lowest BCUT2D eigenvalue weighted by Gasteiger charge is -2.30. The molecule has 6 heteroatoms. The first-order chi connectivity index (χ1) is 7.82. The molecule has 1 atom stereocenters. The fourth-order valence-electron chi connectivity index (χ4n) is 1.73. The van der Waals surface area contributed by atoms with Crippen LogP contribution in [0.25, 0.3) is 0 Å². The molecule has 94 valence electrons. The van der Waals surface area contributed by atoms with E-state index in [0.717, 1.165) is 5.57 Å². The van der Waals surface area contributed by atoms with Gasteiger partial charge in [0.15, 0.2) is 0 Å². The number of aliphatic carboxylic acids is 2. The molecule has 4 nitrogen and oxygen atoms in total. The van der Waals surface area contributed by atoms with Crippen LogP contribution in [0.15, 0.2) is 20.8 Å². The third-order valence-corrected chi connectivity index (χ3v) is 5.05. The topological polar surface area (TPSA) is 74.6 Å². The van der Waals surface area contributed by atoms with Gasteiger partial charge in [-0.05, 0) is 54.0 Å². The van der Waals surface area contributed by atoms with Gasteiger partial charge in [0.25, 0.3) is 0 Å². The molecule has 1 aliphatic carbocycles. The lowest BCUT2D eigenvalue weighted by Crippen LogP contribution is -2.32. The number of rotatable bonds is 4. The van der Waals surface area contributed by atoms with Crippen LogP contribution in [0.3, 0.4) is 0 Å². The number of carboxylic acids is 2. The molecule has 17 heavy (non-hydrogen) atoms. The molecule has 2 N–H and O–H groups in total. The average Bonchev–Trinajstić information content (AvgIpc) is 2.24. The van der Waals surface area contributed by atoms with Gasteiger partial charge in [-0.25, -0.2) is 4.79 Å². The van der Waals surface area contributed by atoms with Gasteiger partial charge in [0.05, 0.1) is 0 Å². The van der Waals surface area contributed by atoms with Crippen molar-refractivity contribution in [3.63, 3.8) is 0 Å². The van der Waals surface area contributed by atoms with Gasteiger partial charge in [-0.3, -0.25) is 4.79 Å². The van der Waals surface area contributed by atoms with Gasteiger partial charge >= 0.3 is 11.9 Å². The highest BCUT2D eigenvalue weighted by Crippen LogP contribution is 2.45. The molecule has 0 aromatic heterocycles. The van der Waals surface area contributed by atoms with Crippen LogP contribution >= 0.6 is 38.5 Å². The number of hydrogen-bond acceptors (Lipinski definition) is 2. The number of halogens is 2. The molecular weight excluding hydrogens is 403 g/mol. The molecule has 1 aliphatic rings. The molecule has 1 unspecified atom stereocenters. The van der Waals surface area contributed by atoms with E-state index in [1.54, 1.807) is 13.0 Å². The first kappa shape index (κ1) is 14.7. The molecule has 1 rings (SSSR count). The largest absolute Gasteiger partial charge is 0.481 e. The summed E-state index contributed by atoms with van der Waals surface area (Å²) in [5.74, 6) is -2.03. The van der Waals surface area contributed by atoms with Crippen LogP contribution in [-0.2, 0) is 9.59 Å². The quantitative estimate of drug-likeness (QED) is 0.547. The monoisotopic (exact) mass is 414 g/mol. The molecule has 0 heterocycles. The summed E-state index contributed by atoms with van der Waals surface area (Å²) in [6.45, 7) is 1.57. The lowest BCUT2D eigenvalue weighted by atomic mass is 9.77. The molecule has 0 aromatic rings. The van der Waals surface area contributed by atoms with Crippen LogP contribution in [0.2, 0.25) is 0 Å². The van der Waals surface area contributed by atoms with Crippen molar-refractivity contribution in [3.05, 3.63) is 20.8 Å². The van der Waals surface area contributed by atoms with E-state index in [0.29, 0.717) is 15.3 Å². The Balaban J connectivity index is 3.28. The summed E-state index contributed by atoms with van der Waals surface area (Å²) in [4.78, 5) is 22.4. The van der Waals surface area contributed by atoms with Crippen molar-refractivity contribution < 1.29 is 19.8 Å². The van der Waals surface area contributed by atoms with Crippen LogP contribution in [0, 0.1) is 5.41 Å². The Morgan fingerprint density at radius 3 is 2.53 bits per heavy atom. The van der Waals surface area contributed by atoms with Gasteiger partial charge in [0.1, 0.15) is 5.41 Å². The maximum absolute atomic E-state index is 11.3. The minimum atomic E-state index is -1.12. The normalized spacial score (nSPS) is 24.5. The van der Waals surface area contributed by atoms with Crippen LogP contribution < -0.4 is 0 Å². The minimum absolute atomic E-state index is 0.0295. The molecule has 0 fully saturated rings. The van der Waals surface area contributed by atoms with E-state index in [-0.39, 0.29) is 12.0 Å². The Bertz CT molecular complexity index is 427. The molecule has 0 aromatic carbocycles. The molecule has 0 amide bonds. The van der Waals surface area contributed by atoms with Gasteiger partial charge in [-0.15, -0.1) is 0 Å². The van der Waals surface area contributed by atoms with Crippen molar-refractivity contribution >= 4 is 50.5 Å². The predicted octanol–water partition coefficient (Wildman–Crippen LogP) is 2.97. The molecular formula is C11H12BrIO4. The Kier molecular flexibility index (Phi) is 4.77. The number of carbonyl (C=O) groups is 2. The van der Waals surface area contributed by atoms with Crippen molar-refractivity contribution in [3.8, 4) is 0 Å². The number of hydrogen-bond donors (Lipinski definition) is 2.